The van der Waals surface area contributed by atoms with E-state index in [0.29, 0.717) is 13.1 Å². The number of nitrogens with zero attached hydrogens (tertiary/aromatic N) is 3. The molecule has 2 heterocycles. The number of rotatable bonds is 6. The number of thiophene rings is 1. The normalized spacial score (nSPS) is 10.8. The molecule has 0 radical (unpaired) electrons. The number of carbonyl (C=O) groups excluding carboxylic acids is 1. The molecule has 0 saturated carbocycles. The van der Waals surface area contributed by atoms with Gasteiger partial charge in [0.05, 0.1) is 16.8 Å². The van der Waals surface area contributed by atoms with Crippen LogP contribution >= 0.6 is 11.3 Å². The summed E-state index contributed by atoms with van der Waals surface area (Å²) in [5, 5.41) is 4.82. The first kappa shape index (κ1) is 16.3. The fourth-order valence-corrected chi connectivity index (χ4v) is 3.23. The summed E-state index contributed by atoms with van der Waals surface area (Å²) in [5.41, 5.74) is 1.74. The van der Waals surface area contributed by atoms with Gasteiger partial charge in [0.15, 0.2) is 0 Å². The third-order valence-corrected chi connectivity index (χ3v) is 4.54. The molecule has 0 spiro atoms. The number of halogens is 1. The van der Waals surface area contributed by atoms with E-state index in [1.54, 1.807) is 23.5 Å². The van der Waals surface area contributed by atoms with Gasteiger partial charge in [0.25, 0.3) is 0 Å². The maximum atomic E-state index is 12.9. The van der Waals surface area contributed by atoms with E-state index in [1.165, 1.54) is 18.5 Å². The Morgan fingerprint density at radius 3 is 2.79 bits per heavy atom. The van der Waals surface area contributed by atoms with E-state index in [9.17, 15) is 9.18 Å². The molecular weight excluding hydrogens is 327 g/mol. The average Bonchev–Trinajstić information content (AvgIpc) is 3.08. The van der Waals surface area contributed by atoms with Crippen LogP contribution in [0.15, 0.2) is 42.0 Å². The number of anilines is 1. The molecule has 0 bridgehead atoms. The van der Waals surface area contributed by atoms with Gasteiger partial charge in [-0.05, 0) is 36.1 Å². The highest BCUT2D eigenvalue weighted by molar-refractivity contribution is 7.17. The molecule has 3 rings (SSSR count). The molecule has 0 aliphatic carbocycles. The maximum Gasteiger partial charge on any atom is 0.239 e. The van der Waals surface area contributed by atoms with Crippen molar-refractivity contribution in [3.63, 3.8) is 0 Å². The number of nitrogens with one attached hydrogen (secondary N) is 1. The van der Waals surface area contributed by atoms with Gasteiger partial charge < -0.3 is 10.2 Å². The van der Waals surface area contributed by atoms with E-state index in [-0.39, 0.29) is 18.3 Å². The molecule has 1 amide bonds. The van der Waals surface area contributed by atoms with Crippen LogP contribution in [0.2, 0.25) is 0 Å². The van der Waals surface area contributed by atoms with E-state index >= 15 is 0 Å². The van der Waals surface area contributed by atoms with Crippen LogP contribution < -0.4 is 10.2 Å². The lowest BCUT2D eigenvalue weighted by atomic mass is 10.2. The van der Waals surface area contributed by atoms with Crippen LogP contribution in [0, 0.1) is 5.82 Å². The van der Waals surface area contributed by atoms with Crippen molar-refractivity contribution in [2.24, 2.45) is 0 Å². The fraction of sp³-hybridized carbons (Fsp3) is 0.235. The largest absolute Gasteiger partial charge is 0.350 e. The molecule has 0 aliphatic heterocycles. The molecule has 0 unspecified atom stereocenters. The van der Waals surface area contributed by atoms with Gasteiger partial charge in [-0.1, -0.05) is 12.1 Å². The number of carbonyl (C=O) groups is 1. The first-order valence-electron chi connectivity index (χ1n) is 7.61. The van der Waals surface area contributed by atoms with Crippen molar-refractivity contribution in [1.82, 2.24) is 15.3 Å². The van der Waals surface area contributed by atoms with Crippen LogP contribution in [0.5, 0.6) is 0 Å². The molecule has 5 nitrogen and oxygen atoms in total. The third kappa shape index (κ3) is 3.68. The summed E-state index contributed by atoms with van der Waals surface area (Å²) in [7, 11) is 0. The van der Waals surface area contributed by atoms with Gasteiger partial charge in [-0.2, -0.15) is 0 Å². The lowest BCUT2D eigenvalue weighted by Crippen LogP contribution is -2.37. The van der Waals surface area contributed by atoms with Crippen LogP contribution in [0.4, 0.5) is 10.2 Å². The zero-order valence-electron chi connectivity index (χ0n) is 13.2. The molecule has 1 aromatic carbocycles. The Labute approximate surface area is 143 Å². The van der Waals surface area contributed by atoms with Gasteiger partial charge >= 0.3 is 0 Å². The Hall–Kier alpha value is -2.54. The van der Waals surface area contributed by atoms with Gasteiger partial charge in [-0.3, -0.25) is 4.79 Å². The minimum atomic E-state index is -0.286. The number of benzene rings is 1. The highest BCUT2D eigenvalue weighted by atomic mass is 32.1. The van der Waals surface area contributed by atoms with Crippen molar-refractivity contribution < 1.29 is 9.18 Å². The number of aromatic nitrogens is 2. The van der Waals surface area contributed by atoms with Gasteiger partial charge in [0, 0.05) is 13.1 Å². The number of likely N-dealkylation sites (N-methyl/N-ethyl adjacent to an activating group) is 1. The topological polar surface area (TPSA) is 58.1 Å². The minimum Gasteiger partial charge on any atom is -0.350 e. The first-order chi connectivity index (χ1) is 11.7. The van der Waals surface area contributed by atoms with Crippen LogP contribution in [0.1, 0.15) is 12.5 Å². The summed E-state index contributed by atoms with van der Waals surface area (Å²) in [6.45, 7) is 3.22. The van der Waals surface area contributed by atoms with Gasteiger partial charge in [-0.25, -0.2) is 14.4 Å². The summed E-state index contributed by atoms with van der Waals surface area (Å²) in [5.74, 6) is 0.380. The summed E-state index contributed by atoms with van der Waals surface area (Å²) < 4.78 is 13.9. The van der Waals surface area contributed by atoms with E-state index < -0.39 is 0 Å². The zero-order chi connectivity index (χ0) is 16.9. The Balaban J connectivity index is 1.65. The third-order valence-electron chi connectivity index (χ3n) is 3.64. The summed E-state index contributed by atoms with van der Waals surface area (Å²) in [6.07, 6.45) is 1.52. The Morgan fingerprint density at radius 2 is 2.04 bits per heavy atom. The number of hydrogen-bond acceptors (Lipinski definition) is 5. The van der Waals surface area contributed by atoms with Crippen LogP contribution in [-0.2, 0) is 11.3 Å². The van der Waals surface area contributed by atoms with Gasteiger partial charge in [0.2, 0.25) is 5.91 Å². The van der Waals surface area contributed by atoms with Gasteiger partial charge in [-0.15, -0.1) is 11.3 Å². The molecule has 3 aromatic rings. The number of fused-ring (bicyclic) bond motifs is 1. The molecule has 0 atom stereocenters. The summed E-state index contributed by atoms with van der Waals surface area (Å²) >= 11 is 1.56. The van der Waals surface area contributed by atoms with Crippen molar-refractivity contribution in [2.75, 3.05) is 18.0 Å². The summed E-state index contributed by atoms with van der Waals surface area (Å²) in [6, 6.07) is 8.02. The average molecular weight is 344 g/mol. The Morgan fingerprint density at radius 1 is 1.25 bits per heavy atom. The van der Waals surface area contributed by atoms with E-state index in [2.05, 4.69) is 15.3 Å². The zero-order valence-corrected chi connectivity index (χ0v) is 14.0. The van der Waals surface area contributed by atoms with E-state index in [1.807, 2.05) is 23.3 Å². The minimum absolute atomic E-state index is 0.107. The number of amides is 1. The van der Waals surface area contributed by atoms with Crippen molar-refractivity contribution in [3.05, 3.63) is 53.4 Å². The van der Waals surface area contributed by atoms with Crippen molar-refractivity contribution in [1.29, 1.82) is 0 Å². The Bertz CT molecular complexity index is 834. The molecule has 0 saturated heterocycles. The predicted octanol–water partition coefficient (Wildman–Crippen LogP) is 2.97. The monoisotopic (exact) mass is 344 g/mol. The second-order valence-electron chi connectivity index (χ2n) is 5.25. The SMILES string of the molecule is CCN(CC(=O)NCc1ccc(F)cc1)c1ncnc2ccsc12. The van der Waals surface area contributed by atoms with Crippen LogP contribution in [-0.4, -0.2) is 29.0 Å². The fourth-order valence-electron chi connectivity index (χ4n) is 2.37. The molecule has 124 valence electrons. The van der Waals surface area contributed by atoms with Crippen molar-refractivity contribution in [2.45, 2.75) is 13.5 Å². The van der Waals surface area contributed by atoms with Gasteiger partial charge in [0.1, 0.15) is 18.0 Å². The van der Waals surface area contributed by atoms with E-state index in [0.717, 1.165) is 21.6 Å². The molecule has 7 heteroatoms. The molecule has 0 fully saturated rings. The smallest absolute Gasteiger partial charge is 0.239 e. The molecule has 2 aromatic heterocycles. The molecule has 0 aliphatic rings. The van der Waals surface area contributed by atoms with Crippen molar-refractivity contribution in [3.8, 4) is 0 Å². The van der Waals surface area contributed by atoms with Crippen molar-refractivity contribution >= 4 is 33.3 Å². The lowest BCUT2D eigenvalue weighted by molar-refractivity contribution is -0.119. The van der Waals surface area contributed by atoms with Crippen LogP contribution in [0.3, 0.4) is 0 Å². The Kier molecular flexibility index (Phi) is 5.00. The molecule has 1 N–H and O–H groups in total. The molecular formula is C17H17FN4OS. The highest BCUT2D eigenvalue weighted by Crippen LogP contribution is 2.27. The van der Waals surface area contributed by atoms with Crippen LogP contribution in [0.25, 0.3) is 10.2 Å². The maximum absolute atomic E-state index is 12.9. The predicted molar refractivity (Wildman–Crippen MR) is 93.5 cm³/mol. The number of hydrogen-bond donors (Lipinski definition) is 1. The summed E-state index contributed by atoms with van der Waals surface area (Å²) in [4.78, 5) is 22.7. The highest BCUT2D eigenvalue weighted by Gasteiger charge is 2.15. The second-order valence-corrected chi connectivity index (χ2v) is 6.17. The second kappa shape index (κ2) is 7.35. The first-order valence-corrected chi connectivity index (χ1v) is 8.49. The molecule has 24 heavy (non-hydrogen) atoms. The standard InChI is InChI=1S/C17H17FN4OS/c1-2-22(17-16-14(7-8-24-16)20-11-21-17)10-15(23)19-9-12-3-5-13(18)6-4-12/h3-8,11H,2,9-10H2,1H3,(H,19,23). The quantitative estimate of drug-likeness (QED) is 0.747. The lowest BCUT2D eigenvalue weighted by Gasteiger charge is -2.21. The van der Waals surface area contributed by atoms with E-state index in [4.69, 9.17) is 0 Å².